The van der Waals surface area contributed by atoms with Gasteiger partial charge in [0.15, 0.2) is 0 Å². The van der Waals surface area contributed by atoms with Gasteiger partial charge in [0.1, 0.15) is 11.6 Å². The predicted octanol–water partition coefficient (Wildman–Crippen LogP) is 2.30. The molecular formula is C17H16FN5O2S. The molecule has 0 saturated heterocycles. The van der Waals surface area contributed by atoms with Crippen LogP contribution in [0.25, 0.3) is 5.69 Å². The molecule has 1 heterocycles. The second-order valence-electron chi connectivity index (χ2n) is 5.49. The van der Waals surface area contributed by atoms with Crippen molar-refractivity contribution in [3.63, 3.8) is 0 Å². The van der Waals surface area contributed by atoms with Crippen LogP contribution in [0.2, 0.25) is 0 Å². The number of hydrogen-bond acceptors (Lipinski definition) is 6. The molecule has 9 heteroatoms. The zero-order chi connectivity index (χ0) is 18.5. The summed E-state index contributed by atoms with van der Waals surface area (Å²) >= 11 is 1.21. The first-order valence-electron chi connectivity index (χ1n) is 7.79. The average molecular weight is 373 g/mol. The molecule has 1 unspecified atom stereocenters. The van der Waals surface area contributed by atoms with Crippen LogP contribution in [-0.2, 0) is 11.3 Å². The molecule has 0 aliphatic heterocycles. The van der Waals surface area contributed by atoms with Gasteiger partial charge < -0.3 is 10.4 Å². The van der Waals surface area contributed by atoms with Crippen molar-refractivity contribution in [2.24, 2.45) is 0 Å². The molecule has 3 aromatic rings. The zero-order valence-electron chi connectivity index (χ0n) is 13.8. The first kappa shape index (κ1) is 17.9. The van der Waals surface area contributed by atoms with Crippen LogP contribution >= 0.6 is 11.8 Å². The Morgan fingerprint density at radius 2 is 1.92 bits per heavy atom. The molecule has 0 aliphatic carbocycles. The number of phenols is 1. The molecule has 0 saturated carbocycles. The van der Waals surface area contributed by atoms with Gasteiger partial charge in [0, 0.05) is 6.54 Å². The quantitative estimate of drug-likeness (QED) is 0.644. The molecule has 1 atom stereocenters. The van der Waals surface area contributed by atoms with Crippen molar-refractivity contribution >= 4 is 17.7 Å². The zero-order valence-corrected chi connectivity index (χ0v) is 14.7. The van der Waals surface area contributed by atoms with E-state index in [2.05, 4.69) is 20.8 Å². The number of hydrogen-bond donors (Lipinski definition) is 2. The van der Waals surface area contributed by atoms with Crippen LogP contribution in [0.15, 0.2) is 53.7 Å². The van der Waals surface area contributed by atoms with Gasteiger partial charge in [0.2, 0.25) is 11.1 Å². The second kappa shape index (κ2) is 7.96. The summed E-state index contributed by atoms with van der Waals surface area (Å²) in [6, 6.07) is 12.4. The summed E-state index contributed by atoms with van der Waals surface area (Å²) in [6.07, 6.45) is 0. The predicted molar refractivity (Wildman–Crippen MR) is 94.4 cm³/mol. The fourth-order valence-electron chi connectivity index (χ4n) is 2.16. The fraction of sp³-hybridized carbons (Fsp3) is 0.176. The molecule has 26 heavy (non-hydrogen) atoms. The van der Waals surface area contributed by atoms with E-state index in [1.807, 2.05) is 0 Å². The standard InChI is InChI=1S/C17H16FN5O2S/c1-11(16(25)19-10-12-2-4-13(18)5-3-12)26-17-20-21-22-23(17)14-6-8-15(24)9-7-14/h2-9,11,24H,10H2,1H3,(H,19,25). The number of thioether (sulfide) groups is 1. The lowest BCUT2D eigenvalue weighted by Gasteiger charge is -2.12. The van der Waals surface area contributed by atoms with E-state index >= 15 is 0 Å². The second-order valence-corrected chi connectivity index (χ2v) is 6.80. The molecule has 0 spiro atoms. The van der Waals surface area contributed by atoms with Crippen molar-refractivity contribution in [1.82, 2.24) is 25.5 Å². The molecule has 1 amide bonds. The number of carbonyl (C=O) groups is 1. The largest absolute Gasteiger partial charge is 0.508 e. The number of nitrogens with one attached hydrogen (secondary N) is 1. The van der Waals surface area contributed by atoms with Crippen molar-refractivity contribution in [2.75, 3.05) is 0 Å². The number of carbonyl (C=O) groups excluding carboxylic acids is 1. The van der Waals surface area contributed by atoms with Gasteiger partial charge in [-0.15, -0.1) is 5.10 Å². The van der Waals surface area contributed by atoms with Crippen molar-refractivity contribution < 1.29 is 14.3 Å². The van der Waals surface area contributed by atoms with Gasteiger partial charge >= 0.3 is 0 Å². The van der Waals surface area contributed by atoms with Crippen LogP contribution in [0.1, 0.15) is 12.5 Å². The lowest BCUT2D eigenvalue weighted by Crippen LogP contribution is -2.30. The lowest BCUT2D eigenvalue weighted by molar-refractivity contribution is -0.120. The Morgan fingerprint density at radius 1 is 1.23 bits per heavy atom. The number of rotatable bonds is 6. The summed E-state index contributed by atoms with van der Waals surface area (Å²) < 4.78 is 14.4. The summed E-state index contributed by atoms with van der Waals surface area (Å²) in [6.45, 7) is 2.06. The smallest absolute Gasteiger partial charge is 0.233 e. The highest BCUT2D eigenvalue weighted by atomic mass is 32.2. The minimum absolute atomic E-state index is 0.143. The Hall–Kier alpha value is -2.94. The molecule has 2 N–H and O–H groups in total. The number of tetrazole rings is 1. The maximum absolute atomic E-state index is 12.9. The van der Waals surface area contributed by atoms with Crippen molar-refractivity contribution in [3.8, 4) is 11.4 Å². The number of benzene rings is 2. The molecule has 2 aromatic carbocycles. The van der Waals surface area contributed by atoms with Crippen LogP contribution < -0.4 is 5.32 Å². The van der Waals surface area contributed by atoms with E-state index in [4.69, 9.17) is 0 Å². The highest BCUT2D eigenvalue weighted by Crippen LogP contribution is 2.23. The SMILES string of the molecule is CC(Sc1nnnn1-c1ccc(O)cc1)C(=O)NCc1ccc(F)cc1. The first-order valence-corrected chi connectivity index (χ1v) is 8.67. The summed E-state index contributed by atoms with van der Waals surface area (Å²) in [5.74, 6) is -0.353. The van der Waals surface area contributed by atoms with Gasteiger partial charge in [0.05, 0.1) is 10.9 Å². The summed E-state index contributed by atoms with van der Waals surface area (Å²) in [4.78, 5) is 12.3. The number of aromatic nitrogens is 4. The topological polar surface area (TPSA) is 92.9 Å². The number of phenolic OH excluding ortho intramolecular Hbond substituents is 1. The fourth-order valence-corrected chi connectivity index (χ4v) is 2.99. The van der Waals surface area contributed by atoms with E-state index in [1.54, 1.807) is 31.2 Å². The van der Waals surface area contributed by atoms with E-state index in [0.29, 0.717) is 17.4 Å². The first-order chi connectivity index (χ1) is 12.5. The van der Waals surface area contributed by atoms with Crippen molar-refractivity contribution in [2.45, 2.75) is 23.9 Å². The Bertz CT molecular complexity index is 883. The summed E-state index contributed by atoms with van der Waals surface area (Å²) in [5.41, 5.74) is 1.49. The van der Waals surface area contributed by atoms with Gasteiger partial charge in [-0.05, 0) is 59.3 Å². The Morgan fingerprint density at radius 3 is 2.62 bits per heavy atom. The molecule has 0 fully saturated rings. The maximum Gasteiger partial charge on any atom is 0.233 e. The van der Waals surface area contributed by atoms with Gasteiger partial charge in [-0.25, -0.2) is 4.39 Å². The molecule has 0 radical (unpaired) electrons. The van der Waals surface area contributed by atoms with Crippen LogP contribution in [-0.4, -0.2) is 36.5 Å². The van der Waals surface area contributed by atoms with E-state index in [-0.39, 0.29) is 17.5 Å². The third-order valence-corrected chi connectivity index (χ3v) is 4.60. The normalized spacial score (nSPS) is 11.9. The molecular weight excluding hydrogens is 357 g/mol. The van der Waals surface area contributed by atoms with Crippen LogP contribution in [0.4, 0.5) is 4.39 Å². The Kier molecular flexibility index (Phi) is 5.47. The van der Waals surface area contributed by atoms with E-state index in [0.717, 1.165) is 5.56 Å². The molecule has 0 bridgehead atoms. The summed E-state index contributed by atoms with van der Waals surface area (Å²) in [5, 5.41) is 23.7. The number of aromatic hydroxyl groups is 1. The van der Waals surface area contributed by atoms with Gasteiger partial charge in [-0.1, -0.05) is 23.9 Å². The van der Waals surface area contributed by atoms with E-state index < -0.39 is 5.25 Å². The van der Waals surface area contributed by atoms with Crippen molar-refractivity contribution in [1.29, 1.82) is 0 Å². The van der Waals surface area contributed by atoms with E-state index in [1.165, 1.54) is 40.7 Å². The molecule has 134 valence electrons. The molecule has 0 aliphatic rings. The summed E-state index contributed by atoms with van der Waals surface area (Å²) in [7, 11) is 0. The lowest BCUT2D eigenvalue weighted by atomic mass is 10.2. The van der Waals surface area contributed by atoms with Gasteiger partial charge in [0.25, 0.3) is 0 Å². The minimum atomic E-state index is -0.433. The average Bonchev–Trinajstić information content (AvgIpc) is 3.09. The van der Waals surface area contributed by atoms with Gasteiger partial charge in [-0.3, -0.25) is 4.79 Å². The molecule has 3 rings (SSSR count). The van der Waals surface area contributed by atoms with Gasteiger partial charge in [-0.2, -0.15) is 4.68 Å². The van der Waals surface area contributed by atoms with Crippen LogP contribution in [0, 0.1) is 5.82 Å². The van der Waals surface area contributed by atoms with Crippen LogP contribution in [0.3, 0.4) is 0 Å². The van der Waals surface area contributed by atoms with Crippen LogP contribution in [0.5, 0.6) is 5.75 Å². The molecule has 7 nitrogen and oxygen atoms in total. The van der Waals surface area contributed by atoms with Crippen molar-refractivity contribution in [3.05, 3.63) is 59.9 Å². The highest BCUT2D eigenvalue weighted by Gasteiger charge is 2.19. The minimum Gasteiger partial charge on any atom is -0.508 e. The molecule has 1 aromatic heterocycles. The number of halogens is 1. The number of nitrogens with zero attached hydrogens (tertiary/aromatic N) is 4. The third kappa shape index (κ3) is 4.37. The Balaban J connectivity index is 1.62. The van der Waals surface area contributed by atoms with E-state index in [9.17, 15) is 14.3 Å². The number of amides is 1. The Labute approximate surface area is 153 Å². The third-order valence-electron chi connectivity index (χ3n) is 3.57. The highest BCUT2D eigenvalue weighted by molar-refractivity contribution is 8.00. The monoisotopic (exact) mass is 373 g/mol. The maximum atomic E-state index is 12.9.